The summed E-state index contributed by atoms with van der Waals surface area (Å²) < 4.78 is 0. The molecule has 7 heteroatoms. The van der Waals surface area contributed by atoms with E-state index in [1.165, 1.54) is 4.80 Å². The van der Waals surface area contributed by atoms with E-state index < -0.39 is 6.09 Å². The van der Waals surface area contributed by atoms with Crippen molar-refractivity contribution < 1.29 is 9.90 Å². The lowest BCUT2D eigenvalue weighted by atomic mass is 10.6. The fourth-order valence-electron chi connectivity index (χ4n) is 0.549. The molecule has 2 N–H and O–H groups in total. The fraction of sp³-hybridized carbons (Fsp3) is 0.500. The van der Waals surface area contributed by atoms with Crippen LogP contribution in [-0.4, -0.2) is 31.4 Å². The Kier molecular flexibility index (Phi) is 2.00. The van der Waals surface area contributed by atoms with Gasteiger partial charge in [-0.3, -0.25) is 0 Å². The van der Waals surface area contributed by atoms with Gasteiger partial charge in [-0.05, 0) is 5.21 Å². The zero-order chi connectivity index (χ0) is 8.27. The number of hydrogen-bond donors (Lipinski definition) is 2. The first-order chi connectivity index (χ1) is 5.18. The van der Waals surface area contributed by atoms with Crippen molar-refractivity contribution in [1.29, 1.82) is 0 Å². The van der Waals surface area contributed by atoms with Crippen molar-refractivity contribution in [1.82, 2.24) is 25.5 Å². The number of nitrogens with zero attached hydrogens (tertiary/aromatic N) is 4. The summed E-state index contributed by atoms with van der Waals surface area (Å²) in [5.74, 6) is 0.356. The average Bonchev–Trinajstić information content (AvgIpc) is 2.31. The van der Waals surface area contributed by atoms with E-state index in [9.17, 15) is 4.79 Å². The number of tetrazole rings is 1. The van der Waals surface area contributed by atoms with E-state index in [4.69, 9.17) is 5.11 Å². The highest BCUT2D eigenvalue weighted by molar-refractivity contribution is 5.64. The molecule has 0 saturated heterocycles. The molecule has 0 aliphatic carbocycles. The summed E-state index contributed by atoms with van der Waals surface area (Å²) in [6, 6.07) is 0. The third-order valence-electron chi connectivity index (χ3n) is 0.947. The van der Waals surface area contributed by atoms with Gasteiger partial charge in [-0.2, -0.15) is 4.80 Å². The summed E-state index contributed by atoms with van der Waals surface area (Å²) >= 11 is 0. The average molecular weight is 157 g/mol. The normalized spacial score (nSPS) is 9.55. The predicted octanol–water partition coefficient (Wildman–Crippen LogP) is -1.02. The molecule has 60 valence electrons. The van der Waals surface area contributed by atoms with Gasteiger partial charge in [-0.1, -0.05) is 0 Å². The summed E-state index contributed by atoms with van der Waals surface area (Å²) in [6.07, 6.45) is -1.10. The van der Waals surface area contributed by atoms with Gasteiger partial charge < -0.3 is 10.4 Å². The summed E-state index contributed by atoms with van der Waals surface area (Å²) in [5, 5.41) is 21.1. The summed E-state index contributed by atoms with van der Waals surface area (Å²) in [4.78, 5) is 11.2. The van der Waals surface area contributed by atoms with Gasteiger partial charge in [-0.25, -0.2) is 4.79 Å². The molecule has 0 aliphatic rings. The monoisotopic (exact) mass is 157 g/mol. The van der Waals surface area contributed by atoms with Crippen molar-refractivity contribution >= 4 is 6.09 Å². The molecule has 0 atom stereocenters. The highest BCUT2D eigenvalue weighted by Gasteiger charge is 2.00. The lowest BCUT2D eigenvalue weighted by molar-refractivity contribution is 0.193. The van der Waals surface area contributed by atoms with Crippen LogP contribution in [-0.2, 0) is 13.6 Å². The second kappa shape index (κ2) is 2.95. The van der Waals surface area contributed by atoms with Crippen molar-refractivity contribution in [2.24, 2.45) is 7.05 Å². The molecule has 0 spiro atoms. The zero-order valence-electron chi connectivity index (χ0n) is 5.85. The smallest absolute Gasteiger partial charge is 0.405 e. The number of carbonyl (C=O) groups is 1. The maximum absolute atomic E-state index is 9.99. The lowest BCUT2D eigenvalue weighted by Gasteiger charge is -1.92. The fourth-order valence-corrected chi connectivity index (χ4v) is 0.549. The van der Waals surface area contributed by atoms with E-state index in [1.54, 1.807) is 7.05 Å². The molecular weight excluding hydrogens is 150 g/mol. The van der Waals surface area contributed by atoms with Gasteiger partial charge in [0.15, 0.2) is 5.82 Å². The van der Waals surface area contributed by atoms with Crippen LogP contribution in [0.4, 0.5) is 4.79 Å². The van der Waals surface area contributed by atoms with E-state index in [2.05, 4.69) is 20.7 Å². The highest BCUT2D eigenvalue weighted by Crippen LogP contribution is 1.82. The topological polar surface area (TPSA) is 92.9 Å². The van der Waals surface area contributed by atoms with Gasteiger partial charge in [0.1, 0.15) is 0 Å². The number of hydrogen-bond acceptors (Lipinski definition) is 4. The maximum atomic E-state index is 9.99. The number of aryl methyl sites for hydroxylation is 1. The molecule has 0 radical (unpaired) electrons. The molecule has 1 heterocycles. The summed E-state index contributed by atoms with van der Waals surface area (Å²) in [6.45, 7) is 0.0865. The van der Waals surface area contributed by atoms with Crippen molar-refractivity contribution in [3.63, 3.8) is 0 Å². The van der Waals surface area contributed by atoms with Gasteiger partial charge in [0.25, 0.3) is 0 Å². The first-order valence-corrected chi connectivity index (χ1v) is 2.88. The first-order valence-electron chi connectivity index (χ1n) is 2.88. The summed E-state index contributed by atoms with van der Waals surface area (Å²) in [7, 11) is 1.61. The molecule has 1 aromatic rings. The molecule has 1 aromatic heterocycles. The van der Waals surface area contributed by atoms with Crippen LogP contribution in [0.3, 0.4) is 0 Å². The third-order valence-corrected chi connectivity index (χ3v) is 0.947. The van der Waals surface area contributed by atoms with Crippen molar-refractivity contribution in [2.45, 2.75) is 6.54 Å². The molecule has 0 unspecified atom stereocenters. The minimum atomic E-state index is -1.10. The van der Waals surface area contributed by atoms with Gasteiger partial charge >= 0.3 is 6.09 Å². The van der Waals surface area contributed by atoms with E-state index in [0.29, 0.717) is 5.82 Å². The van der Waals surface area contributed by atoms with Crippen molar-refractivity contribution in [3.05, 3.63) is 5.82 Å². The van der Waals surface area contributed by atoms with E-state index in [0.717, 1.165) is 0 Å². The molecule has 0 bridgehead atoms. The van der Waals surface area contributed by atoms with Gasteiger partial charge in [0.05, 0.1) is 13.6 Å². The number of nitrogens with one attached hydrogen (secondary N) is 1. The number of rotatable bonds is 2. The molecule has 11 heavy (non-hydrogen) atoms. The number of aromatic nitrogens is 4. The molecule has 7 nitrogen and oxygen atoms in total. The Balaban J connectivity index is 2.45. The molecular formula is C4H7N5O2. The second-order valence-corrected chi connectivity index (χ2v) is 1.85. The molecule has 1 rings (SSSR count). The predicted molar refractivity (Wildman–Crippen MR) is 33.7 cm³/mol. The van der Waals surface area contributed by atoms with Crippen LogP contribution in [0.15, 0.2) is 0 Å². The Bertz CT molecular complexity index is 257. The molecule has 1 amide bonds. The molecule has 0 aromatic carbocycles. The lowest BCUT2D eigenvalue weighted by Crippen LogP contribution is -2.20. The largest absolute Gasteiger partial charge is 0.465 e. The third kappa shape index (κ3) is 2.20. The first kappa shape index (κ1) is 7.45. The van der Waals surface area contributed by atoms with Gasteiger partial charge in [0, 0.05) is 0 Å². The summed E-state index contributed by atoms with van der Waals surface area (Å²) in [5.41, 5.74) is 0. The van der Waals surface area contributed by atoms with Crippen LogP contribution in [0.5, 0.6) is 0 Å². The van der Waals surface area contributed by atoms with Crippen LogP contribution in [0, 0.1) is 0 Å². The quantitative estimate of drug-likeness (QED) is 0.573. The van der Waals surface area contributed by atoms with Crippen molar-refractivity contribution in [2.75, 3.05) is 0 Å². The van der Waals surface area contributed by atoms with Crippen LogP contribution >= 0.6 is 0 Å². The van der Waals surface area contributed by atoms with Crippen LogP contribution < -0.4 is 5.32 Å². The maximum Gasteiger partial charge on any atom is 0.405 e. The Morgan fingerprint density at radius 1 is 1.82 bits per heavy atom. The number of carboxylic acid groups (broad SMARTS) is 1. The van der Waals surface area contributed by atoms with Gasteiger partial charge in [-0.15, -0.1) is 10.2 Å². The molecule has 0 saturated carbocycles. The Morgan fingerprint density at radius 3 is 3.00 bits per heavy atom. The van der Waals surface area contributed by atoms with Crippen LogP contribution in [0.1, 0.15) is 5.82 Å². The van der Waals surface area contributed by atoms with E-state index in [-0.39, 0.29) is 6.54 Å². The Morgan fingerprint density at radius 2 is 2.55 bits per heavy atom. The molecule has 0 fully saturated rings. The standard InChI is InChI=1S/C4H7N5O2/c1-9-7-3(6-8-9)2-5-4(10)11/h5H,2H2,1H3,(H,10,11). The zero-order valence-corrected chi connectivity index (χ0v) is 5.85. The number of amides is 1. The van der Waals surface area contributed by atoms with Crippen molar-refractivity contribution in [3.8, 4) is 0 Å². The minimum absolute atomic E-state index is 0.0865. The minimum Gasteiger partial charge on any atom is -0.465 e. The van der Waals surface area contributed by atoms with Gasteiger partial charge in [0.2, 0.25) is 0 Å². The van der Waals surface area contributed by atoms with E-state index in [1.807, 2.05) is 0 Å². The van der Waals surface area contributed by atoms with E-state index >= 15 is 0 Å². The Labute approximate surface area is 62.0 Å². The molecule has 0 aliphatic heterocycles. The SMILES string of the molecule is Cn1nnc(CNC(=O)O)n1. The second-order valence-electron chi connectivity index (χ2n) is 1.85. The van der Waals surface area contributed by atoms with Crippen LogP contribution in [0.2, 0.25) is 0 Å². The highest BCUT2D eigenvalue weighted by atomic mass is 16.4. The Hall–Kier alpha value is -1.66. The van der Waals surface area contributed by atoms with Crippen LogP contribution in [0.25, 0.3) is 0 Å².